The minimum absolute atomic E-state index is 0.0205. The largest absolute Gasteiger partial charge is 0.497 e. The fraction of sp³-hybridized carbons (Fsp3) is 0.250. The van der Waals surface area contributed by atoms with E-state index in [1.54, 1.807) is 38.3 Å². The maximum Gasteiger partial charge on any atom is 0.251 e. The Morgan fingerprint density at radius 2 is 1.90 bits per heavy atom. The standard InChI is InChI=1S/C20H22N4O6S/c1-12-9-13(5-8-16(12)24-31(4,26)27)20(25)21-11-18-22-19(23-30-18)15-7-6-14(28-2)10-17(15)29-3/h5-10,24H,11H2,1-4H3,(H,21,25). The van der Waals surface area contributed by atoms with Gasteiger partial charge in [0.05, 0.1) is 38.3 Å². The average Bonchev–Trinajstić information content (AvgIpc) is 3.20. The molecule has 0 aliphatic carbocycles. The summed E-state index contributed by atoms with van der Waals surface area (Å²) in [6.07, 6.45) is 1.06. The summed E-state index contributed by atoms with van der Waals surface area (Å²) in [7, 11) is -0.320. The molecule has 0 atom stereocenters. The molecule has 2 aromatic carbocycles. The van der Waals surface area contributed by atoms with E-state index >= 15 is 0 Å². The molecule has 1 heterocycles. The SMILES string of the molecule is COc1ccc(-c2noc(CNC(=O)c3ccc(NS(C)(=O)=O)c(C)c3)n2)c(OC)c1. The number of carbonyl (C=O) groups excluding carboxylic acids is 1. The lowest BCUT2D eigenvalue weighted by Gasteiger charge is -2.09. The highest BCUT2D eigenvalue weighted by Crippen LogP contribution is 2.31. The van der Waals surface area contributed by atoms with Crippen LogP contribution in [0.15, 0.2) is 40.9 Å². The molecule has 0 aliphatic rings. The van der Waals surface area contributed by atoms with E-state index in [4.69, 9.17) is 14.0 Å². The zero-order valence-electron chi connectivity index (χ0n) is 17.4. The molecular formula is C20H22N4O6S. The monoisotopic (exact) mass is 446 g/mol. The van der Waals surface area contributed by atoms with Gasteiger partial charge >= 0.3 is 0 Å². The summed E-state index contributed by atoms with van der Waals surface area (Å²) in [5.41, 5.74) is 2.01. The lowest BCUT2D eigenvalue weighted by molar-refractivity contribution is 0.0946. The van der Waals surface area contributed by atoms with Gasteiger partial charge in [-0.3, -0.25) is 9.52 Å². The van der Waals surface area contributed by atoms with Crippen LogP contribution in [0.2, 0.25) is 0 Å². The number of benzene rings is 2. The highest BCUT2D eigenvalue weighted by molar-refractivity contribution is 7.92. The number of carbonyl (C=O) groups is 1. The molecule has 0 spiro atoms. The third-order valence-corrected chi connectivity index (χ3v) is 4.89. The summed E-state index contributed by atoms with van der Waals surface area (Å²) < 4.78 is 40.9. The van der Waals surface area contributed by atoms with Gasteiger partial charge < -0.3 is 19.3 Å². The van der Waals surface area contributed by atoms with Gasteiger partial charge in [0, 0.05) is 11.6 Å². The summed E-state index contributed by atoms with van der Waals surface area (Å²) in [6.45, 7) is 1.73. The first kappa shape index (κ1) is 22.1. The number of nitrogens with one attached hydrogen (secondary N) is 2. The summed E-state index contributed by atoms with van der Waals surface area (Å²) >= 11 is 0. The molecule has 0 radical (unpaired) electrons. The third kappa shape index (κ3) is 5.51. The minimum atomic E-state index is -3.40. The van der Waals surface area contributed by atoms with Crippen molar-refractivity contribution in [3.63, 3.8) is 0 Å². The molecule has 0 saturated heterocycles. The van der Waals surface area contributed by atoms with E-state index in [2.05, 4.69) is 20.2 Å². The van der Waals surface area contributed by atoms with Crippen molar-refractivity contribution < 1.29 is 27.2 Å². The molecule has 0 bridgehead atoms. The molecule has 0 unspecified atom stereocenters. The topological polar surface area (TPSA) is 133 Å². The number of nitrogens with zero attached hydrogens (tertiary/aromatic N) is 2. The second kappa shape index (κ2) is 9.04. The van der Waals surface area contributed by atoms with Crippen LogP contribution in [0.3, 0.4) is 0 Å². The van der Waals surface area contributed by atoms with E-state index in [1.165, 1.54) is 19.2 Å². The number of hydrogen-bond donors (Lipinski definition) is 2. The zero-order valence-corrected chi connectivity index (χ0v) is 18.2. The molecule has 1 aromatic heterocycles. The molecule has 3 aromatic rings. The number of anilines is 1. The Bertz CT molecular complexity index is 1210. The molecule has 0 aliphatic heterocycles. The highest BCUT2D eigenvalue weighted by atomic mass is 32.2. The van der Waals surface area contributed by atoms with Gasteiger partial charge in [0.1, 0.15) is 11.5 Å². The Balaban J connectivity index is 1.68. The van der Waals surface area contributed by atoms with Crippen LogP contribution in [0.25, 0.3) is 11.4 Å². The minimum Gasteiger partial charge on any atom is -0.497 e. The predicted octanol–water partition coefficient (Wildman–Crippen LogP) is 2.36. The fourth-order valence-corrected chi connectivity index (χ4v) is 3.42. The number of sulfonamides is 1. The number of amides is 1. The van der Waals surface area contributed by atoms with Gasteiger partial charge in [0.15, 0.2) is 0 Å². The summed E-state index contributed by atoms with van der Waals surface area (Å²) in [6, 6.07) is 9.85. The van der Waals surface area contributed by atoms with E-state index in [0.717, 1.165) is 6.26 Å². The number of ether oxygens (including phenoxy) is 2. The molecule has 0 saturated carbocycles. The van der Waals surface area contributed by atoms with Gasteiger partial charge in [0.25, 0.3) is 5.91 Å². The molecule has 11 heteroatoms. The highest BCUT2D eigenvalue weighted by Gasteiger charge is 2.16. The first-order valence-corrected chi connectivity index (χ1v) is 11.0. The first-order valence-electron chi connectivity index (χ1n) is 9.12. The number of hydrogen-bond acceptors (Lipinski definition) is 8. The van der Waals surface area contributed by atoms with Crippen molar-refractivity contribution in [2.24, 2.45) is 0 Å². The lowest BCUT2D eigenvalue weighted by atomic mass is 10.1. The van der Waals surface area contributed by atoms with Gasteiger partial charge in [-0.05, 0) is 42.8 Å². The molecule has 164 valence electrons. The normalized spacial score (nSPS) is 11.1. The van der Waals surface area contributed by atoms with Gasteiger partial charge in [0.2, 0.25) is 21.7 Å². The van der Waals surface area contributed by atoms with Gasteiger partial charge in [-0.1, -0.05) is 5.16 Å². The molecule has 10 nitrogen and oxygen atoms in total. The van der Waals surface area contributed by atoms with Crippen molar-refractivity contribution in [2.45, 2.75) is 13.5 Å². The Kier molecular flexibility index (Phi) is 6.44. The predicted molar refractivity (Wildman–Crippen MR) is 114 cm³/mol. The van der Waals surface area contributed by atoms with Crippen LogP contribution in [0.4, 0.5) is 5.69 Å². The lowest BCUT2D eigenvalue weighted by Crippen LogP contribution is -2.23. The van der Waals surface area contributed by atoms with Crippen molar-refractivity contribution in [1.82, 2.24) is 15.5 Å². The molecule has 3 rings (SSSR count). The van der Waals surface area contributed by atoms with E-state index in [1.807, 2.05) is 0 Å². The average molecular weight is 446 g/mol. The summed E-state index contributed by atoms with van der Waals surface area (Å²) in [5.74, 6) is 1.32. The second-order valence-electron chi connectivity index (χ2n) is 6.66. The zero-order chi connectivity index (χ0) is 22.6. The Hall–Kier alpha value is -3.60. The van der Waals surface area contributed by atoms with Crippen LogP contribution in [0, 0.1) is 6.92 Å². The van der Waals surface area contributed by atoms with Gasteiger partial charge in [-0.2, -0.15) is 4.98 Å². The molecule has 0 fully saturated rings. The molecular weight excluding hydrogens is 424 g/mol. The van der Waals surface area contributed by atoms with Crippen LogP contribution in [0.1, 0.15) is 21.8 Å². The van der Waals surface area contributed by atoms with Crippen LogP contribution in [-0.4, -0.2) is 44.9 Å². The van der Waals surface area contributed by atoms with Crippen LogP contribution in [-0.2, 0) is 16.6 Å². The van der Waals surface area contributed by atoms with Crippen molar-refractivity contribution in [3.8, 4) is 22.9 Å². The summed E-state index contributed by atoms with van der Waals surface area (Å²) in [5, 5.41) is 6.63. The van der Waals surface area contributed by atoms with E-state index in [0.29, 0.717) is 39.7 Å². The van der Waals surface area contributed by atoms with Gasteiger partial charge in [-0.25, -0.2) is 8.42 Å². The maximum absolute atomic E-state index is 12.4. The van der Waals surface area contributed by atoms with Crippen molar-refractivity contribution in [3.05, 3.63) is 53.4 Å². The number of aromatic nitrogens is 2. The van der Waals surface area contributed by atoms with Crippen molar-refractivity contribution in [2.75, 3.05) is 25.2 Å². The van der Waals surface area contributed by atoms with E-state index in [-0.39, 0.29) is 18.3 Å². The molecule has 1 amide bonds. The summed E-state index contributed by atoms with van der Waals surface area (Å²) in [4.78, 5) is 16.7. The third-order valence-electron chi connectivity index (χ3n) is 4.30. The fourth-order valence-electron chi connectivity index (χ4n) is 2.80. The van der Waals surface area contributed by atoms with Crippen LogP contribution >= 0.6 is 0 Å². The molecule has 31 heavy (non-hydrogen) atoms. The van der Waals surface area contributed by atoms with Crippen LogP contribution < -0.4 is 19.5 Å². The van der Waals surface area contributed by atoms with Crippen LogP contribution in [0.5, 0.6) is 11.5 Å². The number of aryl methyl sites for hydroxylation is 1. The van der Waals surface area contributed by atoms with Crippen molar-refractivity contribution >= 4 is 21.6 Å². The number of methoxy groups -OCH3 is 2. The van der Waals surface area contributed by atoms with Gasteiger partial charge in [-0.15, -0.1) is 0 Å². The maximum atomic E-state index is 12.4. The van der Waals surface area contributed by atoms with Crippen molar-refractivity contribution in [1.29, 1.82) is 0 Å². The molecule has 2 N–H and O–H groups in total. The number of rotatable bonds is 8. The second-order valence-corrected chi connectivity index (χ2v) is 8.41. The quantitative estimate of drug-likeness (QED) is 0.539. The Labute approximate surface area is 179 Å². The van der Waals surface area contributed by atoms with E-state index in [9.17, 15) is 13.2 Å². The Morgan fingerprint density at radius 1 is 1.13 bits per heavy atom. The smallest absolute Gasteiger partial charge is 0.251 e. The van der Waals surface area contributed by atoms with E-state index < -0.39 is 10.0 Å². The Morgan fingerprint density at radius 3 is 2.55 bits per heavy atom. The first-order chi connectivity index (χ1) is 14.7.